The first-order valence-electron chi connectivity index (χ1n) is 9.99. The molecule has 0 fully saturated rings. The first-order valence-corrected chi connectivity index (χ1v) is 9.99. The third-order valence-corrected chi connectivity index (χ3v) is 5.16. The molecule has 168 valence electrons. The van der Waals surface area contributed by atoms with E-state index in [0.717, 1.165) is 34.4 Å². The fraction of sp³-hybridized carbons (Fsp3) is 0.125. The second-order valence-corrected chi connectivity index (χ2v) is 7.26. The number of hydrogen-bond donors (Lipinski definition) is 3. The van der Waals surface area contributed by atoms with E-state index in [-0.39, 0.29) is 23.8 Å². The van der Waals surface area contributed by atoms with Gasteiger partial charge in [0.25, 0.3) is 5.91 Å². The summed E-state index contributed by atoms with van der Waals surface area (Å²) in [7, 11) is 0. The second-order valence-electron chi connectivity index (χ2n) is 7.26. The van der Waals surface area contributed by atoms with Crippen LogP contribution in [0, 0.1) is 5.82 Å². The number of benzene rings is 3. The molecule has 0 aromatic heterocycles. The van der Waals surface area contributed by atoms with Crippen LogP contribution in [0.5, 0.6) is 0 Å². The Bertz CT molecular complexity index is 1180. The lowest BCUT2D eigenvalue weighted by Crippen LogP contribution is -2.27. The Kier molecular flexibility index (Phi) is 6.32. The molecule has 0 radical (unpaired) electrons. The molecule has 4 rings (SSSR count). The summed E-state index contributed by atoms with van der Waals surface area (Å²) in [4.78, 5) is 39.0. The summed E-state index contributed by atoms with van der Waals surface area (Å²) in [6.07, 6.45) is -0.766. The number of nitrogens with one attached hydrogen (secondary N) is 2. The summed E-state index contributed by atoms with van der Waals surface area (Å²) in [5, 5.41) is 10.9. The molecule has 3 aromatic rings. The van der Waals surface area contributed by atoms with Crippen LogP contribution in [-0.4, -0.2) is 36.3 Å². The van der Waals surface area contributed by atoms with Crippen LogP contribution in [0.4, 0.5) is 14.9 Å². The Labute approximate surface area is 187 Å². The zero-order valence-corrected chi connectivity index (χ0v) is 17.2. The maximum absolute atomic E-state index is 14.3. The number of carbonyl (C=O) groups is 3. The van der Waals surface area contributed by atoms with Gasteiger partial charge < -0.3 is 9.84 Å². The van der Waals surface area contributed by atoms with Crippen molar-refractivity contribution in [2.45, 2.75) is 5.92 Å². The van der Waals surface area contributed by atoms with E-state index >= 15 is 0 Å². The largest absolute Gasteiger partial charge is 0.479 e. The molecule has 0 unspecified atom stereocenters. The lowest BCUT2D eigenvalue weighted by molar-refractivity contribution is -0.144. The van der Waals surface area contributed by atoms with Crippen molar-refractivity contribution in [1.29, 1.82) is 0 Å². The second kappa shape index (κ2) is 9.49. The van der Waals surface area contributed by atoms with Crippen molar-refractivity contribution in [2.75, 3.05) is 18.5 Å². The number of fused-ring (bicyclic) bond motifs is 3. The Morgan fingerprint density at radius 3 is 2.18 bits per heavy atom. The van der Waals surface area contributed by atoms with Crippen molar-refractivity contribution in [3.8, 4) is 11.1 Å². The monoisotopic (exact) mass is 450 g/mol. The predicted molar refractivity (Wildman–Crippen MR) is 116 cm³/mol. The summed E-state index contributed by atoms with van der Waals surface area (Å²) < 4.78 is 19.7. The molecule has 0 atom stereocenters. The van der Waals surface area contributed by atoms with Crippen LogP contribution in [0.1, 0.15) is 27.4 Å². The van der Waals surface area contributed by atoms with Crippen LogP contribution in [0.25, 0.3) is 11.1 Å². The van der Waals surface area contributed by atoms with Gasteiger partial charge in [0.1, 0.15) is 12.4 Å². The number of amides is 2. The number of carboxylic acids is 1. The van der Waals surface area contributed by atoms with E-state index in [1.54, 1.807) is 0 Å². The average Bonchev–Trinajstić information content (AvgIpc) is 3.11. The Balaban J connectivity index is 1.37. The first-order chi connectivity index (χ1) is 15.9. The van der Waals surface area contributed by atoms with E-state index < -0.39 is 30.4 Å². The zero-order valence-electron chi connectivity index (χ0n) is 17.2. The standard InChI is InChI=1S/C24H19FN2O6/c25-21-11-14(9-10-19(21)23(30)27-33-13-22(28)29)26-24(31)32-12-20-17-7-3-1-5-15(17)16-6-2-4-8-18(16)20/h1-11,20H,12-13H2,(H,26,31)(H,27,30)(H,28,29). The maximum Gasteiger partial charge on any atom is 0.411 e. The van der Waals surface area contributed by atoms with Crippen molar-refractivity contribution in [1.82, 2.24) is 5.48 Å². The van der Waals surface area contributed by atoms with Gasteiger partial charge in [-0.1, -0.05) is 48.5 Å². The van der Waals surface area contributed by atoms with Gasteiger partial charge in [0.2, 0.25) is 0 Å². The lowest BCUT2D eigenvalue weighted by Gasteiger charge is -2.15. The number of carboxylic acid groups (broad SMARTS) is 1. The molecule has 1 aliphatic rings. The molecule has 0 heterocycles. The minimum Gasteiger partial charge on any atom is -0.479 e. The molecule has 0 saturated carbocycles. The third kappa shape index (κ3) is 4.83. The molecule has 2 amide bonds. The van der Waals surface area contributed by atoms with Crippen molar-refractivity contribution >= 4 is 23.7 Å². The highest BCUT2D eigenvalue weighted by Crippen LogP contribution is 2.44. The van der Waals surface area contributed by atoms with Crippen LogP contribution in [-0.2, 0) is 14.4 Å². The summed E-state index contributed by atoms with van der Waals surface area (Å²) in [6.45, 7) is -0.668. The highest BCUT2D eigenvalue weighted by Gasteiger charge is 2.29. The molecule has 3 aromatic carbocycles. The van der Waals surface area contributed by atoms with Gasteiger partial charge in [0.05, 0.1) is 5.56 Å². The number of anilines is 1. The van der Waals surface area contributed by atoms with Crippen molar-refractivity contribution < 1.29 is 33.5 Å². The summed E-state index contributed by atoms with van der Waals surface area (Å²) in [5.74, 6) is -3.29. The van der Waals surface area contributed by atoms with E-state index in [1.807, 2.05) is 54.0 Å². The van der Waals surface area contributed by atoms with Crippen LogP contribution >= 0.6 is 0 Å². The number of rotatable bonds is 7. The minimum absolute atomic E-state index is 0.0905. The SMILES string of the molecule is O=C(O)CONC(=O)c1ccc(NC(=O)OCC2c3ccccc3-c3ccccc32)cc1F. The Morgan fingerprint density at radius 2 is 1.58 bits per heavy atom. The average molecular weight is 450 g/mol. The summed E-state index contributed by atoms with van der Waals surface area (Å²) in [5.41, 5.74) is 5.88. The molecule has 0 spiro atoms. The van der Waals surface area contributed by atoms with Gasteiger partial charge in [-0.15, -0.1) is 0 Å². The topological polar surface area (TPSA) is 114 Å². The van der Waals surface area contributed by atoms with E-state index in [1.165, 1.54) is 6.07 Å². The van der Waals surface area contributed by atoms with Gasteiger partial charge in [0.15, 0.2) is 6.61 Å². The van der Waals surface area contributed by atoms with Gasteiger partial charge in [-0.05, 0) is 40.5 Å². The number of halogens is 1. The fourth-order valence-electron chi connectivity index (χ4n) is 3.75. The maximum atomic E-state index is 14.3. The highest BCUT2D eigenvalue weighted by molar-refractivity contribution is 5.95. The van der Waals surface area contributed by atoms with Crippen molar-refractivity contribution in [3.05, 3.63) is 89.2 Å². The molecule has 8 nitrogen and oxygen atoms in total. The summed E-state index contributed by atoms with van der Waals surface area (Å²) in [6, 6.07) is 19.3. The molecule has 0 saturated heterocycles. The van der Waals surface area contributed by atoms with Crippen molar-refractivity contribution in [3.63, 3.8) is 0 Å². The number of hydroxylamine groups is 1. The Hall–Kier alpha value is -4.24. The molecule has 0 bridgehead atoms. The molecular weight excluding hydrogens is 431 g/mol. The molecular formula is C24H19FN2O6. The van der Waals surface area contributed by atoms with Crippen LogP contribution in [0.3, 0.4) is 0 Å². The zero-order chi connectivity index (χ0) is 23.4. The molecule has 1 aliphatic carbocycles. The van der Waals surface area contributed by atoms with E-state index in [2.05, 4.69) is 10.2 Å². The number of ether oxygens (including phenoxy) is 1. The third-order valence-electron chi connectivity index (χ3n) is 5.16. The van der Waals surface area contributed by atoms with Gasteiger partial charge >= 0.3 is 12.1 Å². The number of aliphatic carboxylic acids is 1. The van der Waals surface area contributed by atoms with Gasteiger partial charge in [-0.3, -0.25) is 14.9 Å². The first kappa shape index (κ1) is 22.0. The van der Waals surface area contributed by atoms with E-state index in [0.29, 0.717) is 0 Å². The van der Waals surface area contributed by atoms with Gasteiger partial charge in [-0.2, -0.15) is 0 Å². The van der Waals surface area contributed by atoms with Crippen LogP contribution in [0.15, 0.2) is 66.7 Å². The van der Waals surface area contributed by atoms with Gasteiger partial charge in [-0.25, -0.2) is 19.5 Å². The van der Waals surface area contributed by atoms with E-state index in [9.17, 15) is 18.8 Å². The minimum atomic E-state index is -1.29. The normalized spacial score (nSPS) is 11.9. The predicted octanol–water partition coefficient (Wildman–Crippen LogP) is 3.93. The number of carbonyl (C=O) groups excluding carboxylic acids is 2. The summed E-state index contributed by atoms with van der Waals surface area (Å²) >= 11 is 0. The molecule has 3 N–H and O–H groups in total. The molecule has 9 heteroatoms. The van der Waals surface area contributed by atoms with Crippen molar-refractivity contribution in [2.24, 2.45) is 0 Å². The van der Waals surface area contributed by atoms with Crippen LogP contribution < -0.4 is 10.8 Å². The smallest absolute Gasteiger partial charge is 0.411 e. The van der Waals surface area contributed by atoms with Crippen LogP contribution in [0.2, 0.25) is 0 Å². The molecule has 0 aliphatic heterocycles. The molecule has 33 heavy (non-hydrogen) atoms. The highest BCUT2D eigenvalue weighted by atomic mass is 19.1. The Morgan fingerprint density at radius 1 is 0.939 bits per heavy atom. The fourth-order valence-corrected chi connectivity index (χ4v) is 3.75. The number of hydrogen-bond acceptors (Lipinski definition) is 5. The van der Waals surface area contributed by atoms with E-state index in [4.69, 9.17) is 9.84 Å². The lowest BCUT2D eigenvalue weighted by atomic mass is 9.98. The quantitative estimate of drug-likeness (QED) is 0.470. The van der Waals surface area contributed by atoms with Gasteiger partial charge in [0, 0.05) is 11.6 Å².